The van der Waals surface area contributed by atoms with E-state index in [0.29, 0.717) is 12.2 Å². The largest absolute Gasteiger partial charge is 0.463 e. The average molecular weight is 232 g/mol. The van der Waals surface area contributed by atoms with Gasteiger partial charge < -0.3 is 4.74 Å². The van der Waals surface area contributed by atoms with Gasteiger partial charge in [0, 0.05) is 5.57 Å². The van der Waals surface area contributed by atoms with Crippen molar-refractivity contribution in [2.24, 2.45) is 0 Å². The van der Waals surface area contributed by atoms with E-state index in [1.54, 1.807) is 13.8 Å². The lowest BCUT2D eigenvalue weighted by Crippen LogP contribution is -2.03. The summed E-state index contributed by atoms with van der Waals surface area (Å²) in [5.74, 6) is -0.312. The van der Waals surface area contributed by atoms with Crippen LogP contribution in [0.3, 0.4) is 0 Å². The first-order valence-corrected chi connectivity index (χ1v) is 5.52. The zero-order valence-electron chi connectivity index (χ0n) is 10.8. The highest BCUT2D eigenvalue weighted by Gasteiger charge is 1.98. The van der Waals surface area contributed by atoms with Gasteiger partial charge in [-0.25, -0.2) is 4.79 Å². The molecule has 0 radical (unpaired) electrons. The molecule has 92 valence electrons. The molecular weight excluding hydrogens is 212 g/mol. The molecule has 0 aliphatic carbocycles. The van der Waals surface area contributed by atoms with E-state index in [4.69, 9.17) is 0 Å². The quantitative estimate of drug-likeness (QED) is 0.584. The zero-order valence-corrected chi connectivity index (χ0v) is 10.8. The van der Waals surface area contributed by atoms with E-state index < -0.39 is 0 Å². The number of carbonyl (C=O) groups is 1. The van der Waals surface area contributed by atoms with Gasteiger partial charge in [-0.3, -0.25) is 0 Å². The highest BCUT2D eigenvalue weighted by molar-refractivity contribution is 5.86. The normalized spacial score (nSPS) is 8.65. The van der Waals surface area contributed by atoms with Gasteiger partial charge in [0.1, 0.15) is 0 Å². The van der Waals surface area contributed by atoms with E-state index in [9.17, 15) is 4.79 Å². The summed E-state index contributed by atoms with van der Waals surface area (Å²) in [5, 5.41) is 0. The molecule has 0 aliphatic rings. The SMILES string of the molecule is C=C(C)C(=O)OCC.C=C(C)c1ccccc1. The van der Waals surface area contributed by atoms with Crippen LogP contribution < -0.4 is 0 Å². The molecule has 0 spiro atoms. The third kappa shape index (κ3) is 7.12. The van der Waals surface area contributed by atoms with Gasteiger partial charge >= 0.3 is 5.97 Å². The van der Waals surface area contributed by atoms with Crippen molar-refractivity contribution in [3.8, 4) is 0 Å². The first kappa shape index (κ1) is 15.2. The number of allylic oxidation sites excluding steroid dienone is 1. The summed E-state index contributed by atoms with van der Waals surface area (Å²) in [7, 11) is 0. The molecule has 0 fully saturated rings. The number of benzene rings is 1. The topological polar surface area (TPSA) is 26.3 Å². The van der Waals surface area contributed by atoms with Crippen LogP contribution in [0.5, 0.6) is 0 Å². The predicted octanol–water partition coefficient (Wildman–Crippen LogP) is 3.85. The monoisotopic (exact) mass is 232 g/mol. The Morgan fingerprint density at radius 2 is 1.71 bits per heavy atom. The molecule has 0 N–H and O–H groups in total. The summed E-state index contributed by atoms with van der Waals surface area (Å²) in [6.45, 7) is 13.0. The number of esters is 1. The molecule has 1 rings (SSSR count). The summed E-state index contributed by atoms with van der Waals surface area (Å²) in [5.41, 5.74) is 2.79. The Balaban J connectivity index is 0.000000304. The molecule has 0 saturated carbocycles. The molecule has 0 aromatic heterocycles. The lowest BCUT2D eigenvalue weighted by molar-refractivity contribution is -0.138. The van der Waals surface area contributed by atoms with E-state index in [0.717, 1.165) is 5.57 Å². The van der Waals surface area contributed by atoms with Crippen molar-refractivity contribution in [2.45, 2.75) is 20.8 Å². The van der Waals surface area contributed by atoms with Crippen LogP contribution in [-0.4, -0.2) is 12.6 Å². The second-order valence-corrected chi connectivity index (χ2v) is 3.65. The number of hydrogen-bond acceptors (Lipinski definition) is 2. The van der Waals surface area contributed by atoms with Crippen molar-refractivity contribution in [3.63, 3.8) is 0 Å². The van der Waals surface area contributed by atoms with Crippen molar-refractivity contribution in [3.05, 3.63) is 54.6 Å². The minimum atomic E-state index is -0.312. The summed E-state index contributed by atoms with van der Waals surface area (Å²) in [6, 6.07) is 10.2. The van der Waals surface area contributed by atoms with Crippen molar-refractivity contribution in [1.82, 2.24) is 0 Å². The summed E-state index contributed by atoms with van der Waals surface area (Å²) < 4.78 is 4.56. The Kier molecular flexibility index (Phi) is 7.44. The zero-order chi connectivity index (χ0) is 13.3. The van der Waals surface area contributed by atoms with Crippen LogP contribution in [0, 0.1) is 0 Å². The molecule has 0 bridgehead atoms. The van der Waals surface area contributed by atoms with E-state index in [2.05, 4.69) is 30.0 Å². The van der Waals surface area contributed by atoms with Crippen LogP contribution in [0.2, 0.25) is 0 Å². The van der Waals surface area contributed by atoms with Gasteiger partial charge in [-0.05, 0) is 26.3 Å². The van der Waals surface area contributed by atoms with Crippen LogP contribution in [0.4, 0.5) is 0 Å². The lowest BCUT2D eigenvalue weighted by atomic mass is 10.1. The van der Waals surface area contributed by atoms with Crippen LogP contribution in [0.25, 0.3) is 5.57 Å². The first-order chi connectivity index (χ1) is 7.99. The number of rotatable bonds is 3. The molecule has 0 atom stereocenters. The Labute approximate surface area is 104 Å². The predicted molar refractivity (Wildman–Crippen MR) is 72.6 cm³/mol. The standard InChI is InChI=1S/C9H10.C6H10O2/c1-8(2)9-6-4-3-5-7-9;1-4-8-6(7)5(2)3/h3-7H,1H2,2H3;2,4H2,1,3H3. The van der Waals surface area contributed by atoms with Gasteiger partial charge in [0.25, 0.3) is 0 Å². The maximum atomic E-state index is 10.4. The van der Waals surface area contributed by atoms with E-state index in [1.807, 2.05) is 25.1 Å². The molecule has 1 aromatic rings. The van der Waals surface area contributed by atoms with Gasteiger partial charge in [0.15, 0.2) is 0 Å². The van der Waals surface area contributed by atoms with Crippen LogP contribution in [0.1, 0.15) is 26.3 Å². The minimum absolute atomic E-state index is 0.312. The highest BCUT2D eigenvalue weighted by Crippen LogP contribution is 2.08. The second kappa shape index (κ2) is 8.34. The molecule has 0 saturated heterocycles. The maximum absolute atomic E-state index is 10.4. The molecule has 0 aliphatic heterocycles. The Morgan fingerprint density at radius 1 is 1.18 bits per heavy atom. The fraction of sp³-hybridized carbons (Fsp3) is 0.267. The maximum Gasteiger partial charge on any atom is 0.333 e. The van der Waals surface area contributed by atoms with E-state index >= 15 is 0 Å². The summed E-state index contributed by atoms with van der Waals surface area (Å²) >= 11 is 0. The van der Waals surface area contributed by atoms with Crippen LogP contribution in [-0.2, 0) is 9.53 Å². The molecule has 2 nitrogen and oxygen atoms in total. The van der Waals surface area contributed by atoms with Gasteiger partial charge in [0.05, 0.1) is 6.61 Å². The fourth-order valence-corrected chi connectivity index (χ4v) is 0.977. The van der Waals surface area contributed by atoms with Crippen molar-refractivity contribution >= 4 is 11.5 Å². The Morgan fingerprint density at radius 3 is 1.94 bits per heavy atom. The van der Waals surface area contributed by atoms with Gasteiger partial charge in [0.2, 0.25) is 0 Å². The van der Waals surface area contributed by atoms with Gasteiger partial charge in [-0.1, -0.05) is 49.1 Å². The Bertz CT molecular complexity index is 377. The summed E-state index contributed by atoms with van der Waals surface area (Å²) in [4.78, 5) is 10.4. The third-order valence-corrected chi connectivity index (χ3v) is 1.89. The van der Waals surface area contributed by atoms with E-state index in [1.165, 1.54) is 5.56 Å². The number of hydrogen-bond donors (Lipinski definition) is 0. The fourth-order valence-electron chi connectivity index (χ4n) is 0.977. The molecule has 0 unspecified atom stereocenters. The van der Waals surface area contributed by atoms with Crippen molar-refractivity contribution < 1.29 is 9.53 Å². The molecule has 2 heteroatoms. The second-order valence-electron chi connectivity index (χ2n) is 3.65. The molecule has 17 heavy (non-hydrogen) atoms. The average Bonchev–Trinajstić information content (AvgIpc) is 2.31. The molecular formula is C15H20O2. The van der Waals surface area contributed by atoms with Crippen LogP contribution in [0.15, 0.2) is 49.1 Å². The van der Waals surface area contributed by atoms with Crippen LogP contribution >= 0.6 is 0 Å². The summed E-state index contributed by atoms with van der Waals surface area (Å²) in [6.07, 6.45) is 0. The smallest absolute Gasteiger partial charge is 0.333 e. The highest BCUT2D eigenvalue weighted by atomic mass is 16.5. The van der Waals surface area contributed by atoms with Gasteiger partial charge in [-0.15, -0.1) is 0 Å². The minimum Gasteiger partial charge on any atom is -0.463 e. The first-order valence-electron chi connectivity index (χ1n) is 5.52. The van der Waals surface area contributed by atoms with Crippen molar-refractivity contribution in [2.75, 3.05) is 6.61 Å². The number of carbonyl (C=O) groups excluding carboxylic acids is 1. The van der Waals surface area contributed by atoms with Crippen molar-refractivity contribution in [1.29, 1.82) is 0 Å². The molecule has 0 heterocycles. The number of ether oxygens (including phenoxy) is 1. The van der Waals surface area contributed by atoms with E-state index in [-0.39, 0.29) is 5.97 Å². The van der Waals surface area contributed by atoms with Gasteiger partial charge in [-0.2, -0.15) is 0 Å². The molecule has 0 amide bonds. The lowest BCUT2D eigenvalue weighted by Gasteiger charge is -1.96. The third-order valence-electron chi connectivity index (χ3n) is 1.89. The Hall–Kier alpha value is -1.83. The molecule has 1 aromatic carbocycles.